The lowest BCUT2D eigenvalue weighted by Crippen LogP contribution is -2.10. The van der Waals surface area contributed by atoms with Gasteiger partial charge in [-0.05, 0) is 68.5 Å². The van der Waals surface area contributed by atoms with Crippen LogP contribution >= 0.6 is 22.9 Å². The predicted molar refractivity (Wildman–Crippen MR) is 135 cm³/mol. The third-order valence-corrected chi connectivity index (χ3v) is 7.46. The van der Waals surface area contributed by atoms with Crippen LogP contribution in [0.5, 0.6) is 5.75 Å². The summed E-state index contributed by atoms with van der Waals surface area (Å²) in [6.45, 7) is 2.14. The van der Waals surface area contributed by atoms with Gasteiger partial charge in [-0.25, -0.2) is 9.79 Å². The standard InChI is InChI=1S/C27H24ClNO4S/c1-3-32-27(30)25-18-9-5-7-11-24(18)34-26(25)29-21-15-23(17-8-4-6-10-20(17)28)33-22-13-12-16(31-2)14-19(21)22/h4,6,8,10,12-15H,3,5,7,9,11H2,1-2H3/b29-21+. The lowest BCUT2D eigenvalue weighted by atomic mass is 9.95. The molecule has 0 unspecified atom stereocenters. The molecule has 0 N–H and O–H groups in total. The Morgan fingerprint density at radius 2 is 1.97 bits per heavy atom. The summed E-state index contributed by atoms with van der Waals surface area (Å²) in [6.07, 6.45) is 4.03. The van der Waals surface area contributed by atoms with Crippen LogP contribution in [0.15, 0.2) is 57.9 Å². The summed E-state index contributed by atoms with van der Waals surface area (Å²) >= 11 is 8.05. The van der Waals surface area contributed by atoms with E-state index in [1.54, 1.807) is 18.4 Å². The molecule has 0 aliphatic heterocycles. The molecule has 0 saturated carbocycles. The number of nitrogens with zero attached hydrogens (tertiary/aromatic N) is 1. The van der Waals surface area contributed by atoms with Crippen LogP contribution < -0.4 is 10.1 Å². The molecule has 0 saturated heterocycles. The first kappa shape index (κ1) is 22.7. The summed E-state index contributed by atoms with van der Waals surface area (Å²) in [5.74, 6) is 0.983. The topological polar surface area (TPSA) is 61.0 Å². The van der Waals surface area contributed by atoms with E-state index >= 15 is 0 Å². The summed E-state index contributed by atoms with van der Waals surface area (Å²) in [5, 5.41) is 2.73. The number of hydrogen-bond acceptors (Lipinski definition) is 6. The number of carbonyl (C=O) groups excluding carboxylic acids is 1. The molecule has 0 bridgehead atoms. The third-order valence-electron chi connectivity index (χ3n) is 5.94. The van der Waals surface area contributed by atoms with E-state index in [2.05, 4.69) is 0 Å². The van der Waals surface area contributed by atoms with Crippen molar-refractivity contribution >= 4 is 44.9 Å². The van der Waals surface area contributed by atoms with Crippen molar-refractivity contribution in [3.8, 4) is 17.1 Å². The Hall–Kier alpha value is -3.09. The van der Waals surface area contributed by atoms with Crippen molar-refractivity contribution in [2.75, 3.05) is 13.7 Å². The first-order chi connectivity index (χ1) is 16.6. The highest BCUT2D eigenvalue weighted by molar-refractivity contribution is 7.16. The fourth-order valence-corrected chi connectivity index (χ4v) is 5.80. The molecule has 2 aromatic carbocycles. The maximum Gasteiger partial charge on any atom is 0.341 e. The number of hydrogen-bond donors (Lipinski definition) is 0. The van der Waals surface area contributed by atoms with Crippen molar-refractivity contribution in [2.45, 2.75) is 32.6 Å². The Balaban J connectivity index is 1.79. The molecule has 0 amide bonds. The smallest absolute Gasteiger partial charge is 0.341 e. The Labute approximate surface area is 206 Å². The number of ether oxygens (including phenoxy) is 2. The zero-order valence-electron chi connectivity index (χ0n) is 19.0. The van der Waals surface area contributed by atoms with Crippen molar-refractivity contribution in [1.82, 2.24) is 0 Å². The van der Waals surface area contributed by atoms with Crippen LogP contribution in [0.3, 0.4) is 0 Å². The fraction of sp³-hybridized carbons (Fsp3) is 0.259. The van der Waals surface area contributed by atoms with E-state index in [4.69, 9.17) is 30.5 Å². The van der Waals surface area contributed by atoms with Crippen LogP contribution in [0.1, 0.15) is 40.6 Å². The van der Waals surface area contributed by atoms with E-state index in [1.807, 2.05) is 55.5 Å². The predicted octanol–water partition coefficient (Wildman–Crippen LogP) is 7.11. The molecule has 0 atom stereocenters. The van der Waals surface area contributed by atoms with Gasteiger partial charge in [0.05, 0.1) is 29.7 Å². The first-order valence-corrected chi connectivity index (χ1v) is 12.5. The van der Waals surface area contributed by atoms with Crippen LogP contribution in [-0.4, -0.2) is 19.7 Å². The lowest BCUT2D eigenvalue weighted by molar-refractivity contribution is 0.0526. The van der Waals surface area contributed by atoms with Gasteiger partial charge in [-0.15, -0.1) is 11.3 Å². The molecule has 5 nitrogen and oxygen atoms in total. The van der Waals surface area contributed by atoms with Crippen molar-refractivity contribution < 1.29 is 18.7 Å². The van der Waals surface area contributed by atoms with Crippen LogP contribution in [0.4, 0.5) is 5.00 Å². The quantitative estimate of drug-likeness (QED) is 0.278. The number of fused-ring (bicyclic) bond motifs is 2. The number of rotatable bonds is 5. The van der Waals surface area contributed by atoms with Gasteiger partial charge in [0.15, 0.2) is 0 Å². The number of methoxy groups -OCH3 is 1. The van der Waals surface area contributed by atoms with Crippen molar-refractivity contribution in [3.05, 3.63) is 74.9 Å². The van der Waals surface area contributed by atoms with Crippen LogP contribution in [-0.2, 0) is 17.6 Å². The molecule has 34 heavy (non-hydrogen) atoms. The molecule has 2 aromatic heterocycles. The number of benzene rings is 2. The SMILES string of the molecule is CCOC(=O)c1c(/N=c2\cc(-c3ccccc3Cl)oc3ccc(OC)cc23)sc2c1CCCC2. The van der Waals surface area contributed by atoms with Crippen molar-refractivity contribution in [1.29, 1.82) is 0 Å². The first-order valence-electron chi connectivity index (χ1n) is 11.3. The number of aryl methyl sites for hydroxylation is 1. The van der Waals surface area contributed by atoms with Crippen LogP contribution in [0.25, 0.3) is 22.3 Å². The van der Waals surface area contributed by atoms with Crippen molar-refractivity contribution in [3.63, 3.8) is 0 Å². The van der Waals surface area contributed by atoms with E-state index in [0.29, 0.717) is 44.6 Å². The highest BCUT2D eigenvalue weighted by atomic mass is 35.5. The van der Waals surface area contributed by atoms with E-state index in [9.17, 15) is 4.79 Å². The van der Waals surface area contributed by atoms with Gasteiger partial charge in [0, 0.05) is 21.9 Å². The maximum absolute atomic E-state index is 13.0. The molecule has 174 valence electrons. The van der Waals surface area contributed by atoms with Crippen LogP contribution in [0, 0.1) is 0 Å². The average molecular weight is 494 g/mol. The zero-order chi connectivity index (χ0) is 23.7. The van der Waals surface area contributed by atoms with E-state index in [1.165, 1.54) is 4.88 Å². The van der Waals surface area contributed by atoms with Gasteiger partial charge in [-0.1, -0.05) is 23.7 Å². The minimum Gasteiger partial charge on any atom is -0.497 e. The molecule has 0 fully saturated rings. The van der Waals surface area contributed by atoms with Gasteiger partial charge in [0.2, 0.25) is 0 Å². The Morgan fingerprint density at radius 3 is 2.76 bits per heavy atom. The van der Waals surface area contributed by atoms with Gasteiger partial charge < -0.3 is 13.9 Å². The number of carbonyl (C=O) groups is 1. The zero-order valence-corrected chi connectivity index (χ0v) is 20.6. The van der Waals surface area contributed by atoms with E-state index in [0.717, 1.165) is 42.2 Å². The van der Waals surface area contributed by atoms with Gasteiger partial charge in [0.1, 0.15) is 22.1 Å². The average Bonchev–Trinajstić information content (AvgIpc) is 3.22. The Kier molecular flexibility index (Phi) is 6.44. The van der Waals surface area contributed by atoms with E-state index in [-0.39, 0.29) is 5.97 Å². The minimum atomic E-state index is -0.311. The highest BCUT2D eigenvalue weighted by Gasteiger charge is 2.26. The second-order valence-corrected chi connectivity index (χ2v) is 9.55. The van der Waals surface area contributed by atoms with Gasteiger partial charge in [-0.2, -0.15) is 0 Å². The Bertz CT molecular complexity index is 1450. The second kappa shape index (κ2) is 9.65. The molecule has 1 aliphatic rings. The molecular formula is C27H24ClNO4S. The molecular weight excluding hydrogens is 470 g/mol. The normalized spacial score (nSPS) is 13.7. The molecule has 4 aromatic rings. The van der Waals surface area contributed by atoms with Gasteiger partial charge in [-0.3, -0.25) is 0 Å². The largest absolute Gasteiger partial charge is 0.497 e. The summed E-state index contributed by atoms with van der Waals surface area (Å²) < 4.78 is 17.1. The van der Waals surface area contributed by atoms with E-state index < -0.39 is 0 Å². The summed E-state index contributed by atoms with van der Waals surface area (Å²) in [7, 11) is 1.62. The number of halogens is 1. The minimum absolute atomic E-state index is 0.311. The maximum atomic E-state index is 13.0. The summed E-state index contributed by atoms with van der Waals surface area (Å²) in [5.41, 5.74) is 3.10. The lowest BCUT2D eigenvalue weighted by Gasteiger charge is -2.11. The number of esters is 1. The second-order valence-electron chi connectivity index (χ2n) is 8.06. The third kappa shape index (κ3) is 4.24. The molecule has 5 rings (SSSR count). The highest BCUT2D eigenvalue weighted by Crippen LogP contribution is 2.40. The molecule has 0 radical (unpaired) electrons. The molecule has 0 spiro atoms. The molecule has 1 aliphatic carbocycles. The number of thiophene rings is 1. The summed E-state index contributed by atoms with van der Waals surface area (Å²) in [4.78, 5) is 19.2. The van der Waals surface area contributed by atoms with Gasteiger partial charge in [0.25, 0.3) is 0 Å². The Morgan fingerprint density at radius 1 is 1.15 bits per heavy atom. The molecule has 2 heterocycles. The van der Waals surface area contributed by atoms with Crippen LogP contribution in [0.2, 0.25) is 5.02 Å². The fourth-order valence-electron chi connectivity index (χ4n) is 4.31. The van der Waals surface area contributed by atoms with Crippen molar-refractivity contribution in [2.24, 2.45) is 4.99 Å². The monoisotopic (exact) mass is 493 g/mol. The molecule has 7 heteroatoms. The van der Waals surface area contributed by atoms with Gasteiger partial charge >= 0.3 is 5.97 Å². The summed E-state index contributed by atoms with van der Waals surface area (Å²) in [6, 6.07) is 15.0.